The number of carbonyl (C=O) groups excluding carboxylic acids is 1. The molecule has 2 atom stereocenters. The molecule has 2 unspecified atom stereocenters. The summed E-state index contributed by atoms with van der Waals surface area (Å²) >= 11 is 3.45. The van der Waals surface area contributed by atoms with Gasteiger partial charge >= 0.3 is 0 Å². The number of halogens is 1. The molecule has 156 valence electrons. The Hall–Kier alpha value is -2.52. The molecule has 1 N–H and O–H groups in total. The van der Waals surface area contributed by atoms with Crippen molar-refractivity contribution in [2.75, 3.05) is 24.5 Å². The van der Waals surface area contributed by atoms with Gasteiger partial charge in [0.05, 0.1) is 5.69 Å². The van der Waals surface area contributed by atoms with Crippen LogP contribution >= 0.6 is 15.9 Å². The number of nitrogens with zero attached hydrogens (tertiary/aromatic N) is 6. The van der Waals surface area contributed by atoms with Gasteiger partial charge in [-0.3, -0.25) is 4.79 Å². The van der Waals surface area contributed by atoms with Crippen molar-refractivity contribution in [3.8, 4) is 0 Å². The van der Waals surface area contributed by atoms with Gasteiger partial charge in [0.15, 0.2) is 5.65 Å². The molecule has 2 aliphatic rings. The van der Waals surface area contributed by atoms with E-state index in [0.717, 1.165) is 47.6 Å². The molecule has 2 aliphatic heterocycles. The van der Waals surface area contributed by atoms with Gasteiger partial charge in [-0.2, -0.15) is 5.10 Å². The number of likely N-dealkylation sites (tertiary alicyclic amines) is 1. The van der Waals surface area contributed by atoms with Crippen molar-refractivity contribution in [1.82, 2.24) is 29.8 Å². The van der Waals surface area contributed by atoms with Crippen molar-refractivity contribution in [3.63, 3.8) is 0 Å². The van der Waals surface area contributed by atoms with Crippen molar-refractivity contribution in [1.29, 1.82) is 0 Å². The Morgan fingerprint density at radius 3 is 2.73 bits per heavy atom. The zero-order valence-corrected chi connectivity index (χ0v) is 18.2. The molecule has 8 nitrogen and oxygen atoms in total. The number of aromatic nitrogens is 4. The summed E-state index contributed by atoms with van der Waals surface area (Å²) in [5.41, 5.74) is 1.87. The first-order valence-electron chi connectivity index (χ1n) is 10.3. The number of pyridine rings is 2. The number of carbonyl (C=O) groups is 1. The van der Waals surface area contributed by atoms with Crippen molar-refractivity contribution in [2.24, 2.45) is 0 Å². The van der Waals surface area contributed by atoms with Crippen LogP contribution in [0.15, 0.2) is 47.3 Å². The summed E-state index contributed by atoms with van der Waals surface area (Å²) in [5.74, 6) is 1.24. The molecule has 3 aromatic rings. The Kier molecular flexibility index (Phi) is 5.39. The lowest BCUT2D eigenvalue weighted by Crippen LogP contribution is -2.56. The molecule has 0 aromatic carbocycles. The average molecular weight is 470 g/mol. The van der Waals surface area contributed by atoms with Gasteiger partial charge in [0, 0.05) is 55.4 Å². The molecule has 1 amide bonds. The largest absolute Gasteiger partial charge is 0.347 e. The standard InChI is InChI=1S/C21H24BrN7O/c22-15-4-7-19(24-10-15)28-17-5-6-18(28)13-27(12-17)21(30)8-9-23-11-16-2-1-3-20-25-14-26-29(16)20/h1-4,7,10,14,17-18,23H,5-6,8-9,11-13H2. The van der Waals surface area contributed by atoms with E-state index in [4.69, 9.17) is 0 Å². The van der Waals surface area contributed by atoms with Crippen LogP contribution in [-0.4, -0.2) is 62.1 Å². The maximum absolute atomic E-state index is 12.8. The smallest absolute Gasteiger partial charge is 0.223 e. The maximum atomic E-state index is 12.8. The van der Waals surface area contributed by atoms with Crippen LogP contribution in [0.1, 0.15) is 25.0 Å². The molecule has 2 saturated heterocycles. The van der Waals surface area contributed by atoms with Crippen molar-refractivity contribution in [3.05, 3.63) is 53.0 Å². The van der Waals surface area contributed by atoms with Crippen LogP contribution in [0.4, 0.5) is 5.82 Å². The third-order valence-corrected chi connectivity index (χ3v) is 6.48. The summed E-state index contributed by atoms with van der Waals surface area (Å²) in [6.45, 7) is 2.87. The van der Waals surface area contributed by atoms with Crippen LogP contribution in [0.3, 0.4) is 0 Å². The summed E-state index contributed by atoms with van der Waals surface area (Å²) in [4.78, 5) is 26.0. The summed E-state index contributed by atoms with van der Waals surface area (Å²) in [5, 5.41) is 7.62. The Morgan fingerprint density at radius 1 is 1.13 bits per heavy atom. The van der Waals surface area contributed by atoms with E-state index in [1.165, 1.54) is 0 Å². The highest BCUT2D eigenvalue weighted by Gasteiger charge is 2.41. The van der Waals surface area contributed by atoms with Crippen molar-refractivity contribution < 1.29 is 4.79 Å². The van der Waals surface area contributed by atoms with Crippen LogP contribution < -0.4 is 10.2 Å². The molecule has 3 aromatic heterocycles. The number of rotatable bonds is 6. The van der Waals surface area contributed by atoms with E-state index in [2.05, 4.69) is 47.3 Å². The number of anilines is 1. The molecule has 0 spiro atoms. The fourth-order valence-corrected chi connectivity index (χ4v) is 4.84. The molecule has 9 heteroatoms. The fourth-order valence-electron chi connectivity index (χ4n) is 4.61. The van der Waals surface area contributed by atoms with E-state index in [1.54, 1.807) is 6.33 Å². The summed E-state index contributed by atoms with van der Waals surface area (Å²) in [6, 6.07) is 10.7. The maximum Gasteiger partial charge on any atom is 0.223 e. The van der Waals surface area contributed by atoms with Crippen molar-refractivity contribution >= 4 is 33.3 Å². The second-order valence-electron chi connectivity index (χ2n) is 7.90. The molecular weight excluding hydrogens is 446 g/mol. The third-order valence-electron chi connectivity index (χ3n) is 6.01. The number of amides is 1. The Morgan fingerprint density at radius 2 is 1.97 bits per heavy atom. The van der Waals surface area contributed by atoms with Gasteiger partial charge in [0.2, 0.25) is 5.91 Å². The minimum atomic E-state index is 0.224. The van der Waals surface area contributed by atoms with Gasteiger partial charge in [-0.15, -0.1) is 0 Å². The fraction of sp³-hybridized carbons (Fsp3) is 0.429. The molecule has 2 bridgehead atoms. The van der Waals surface area contributed by atoms with Gasteiger partial charge < -0.3 is 15.1 Å². The topological polar surface area (TPSA) is 78.7 Å². The van der Waals surface area contributed by atoms with E-state index in [9.17, 15) is 4.79 Å². The predicted octanol–water partition coefficient (Wildman–Crippen LogP) is 2.25. The highest BCUT2D eigenvalue weighted by molar-refractivity contribution is 9.10. The van der Waals surface area contributed by atoms with Crippen LogP contribution in [0, 0.1) is 0 Å². The van der Waals surface area contributed by atoms with E-state index in [1.807, 2.05) is 39.9 Å². The first kappa shape index (κ1) is 19.4. The molecule has 2 fully saturated rings. The zero-order chi connectivity index (χ0) is 20.5. The SMILES string of the molecule is O=C(CCNCc1cccc2ncnn12)N1CC2CCC(C1)N2c1ccc(Br)cn1. The van der Waals surface area contributed by atoms with E-state index < -0.39 is 0 Å². The Labute approximate surface area is 183 Å². The average Bonchev–Trinajstić information content (AvgIpc) is 3.34. The first-order valence-corrected chi connectivity index (χ1v) is 11.1. The normalized spacial score (nSPS) is 20.8. The number of hydrogen-bond acceptors (Lipinski definition) is 6. The van der Waals surface area contributed by atoms with E-state index in [-0.39, 0.29) is 5.91 Å². The van der Waals surface area contributed by atoms with Gasteiger partial charge in [0.1, 0.15) is 12.1 Å². The van der Waals surface area contributed by atoms with E-state index >= 15 is 0 Å². The van der Waals surface area contributed by atoms with Gasteiger partial charge in [-0.1, -0.05) is 6.07 Å². The van der Waals surface area contributed by atoms with Crippen LogP contribution in [-0.2, 0) is 11.3 Å². The number of hydrogen-bond donors (Lipinski definition) is 1. The summed E-state index contributed by atoms with van der Waals surface area (Å²) < 4.78 is 2.81. The Balaban J connectivity index is 1.13. The Bertz CT molecular complexity index is 1020. The highest BCUT2D eigenvalue weighted by atomic mass is 79.9. The molecule has 0 saturated carbocycles. The van der Waals surface area contributed by atoms with Gasteiger partial charge in [-0.25, -0.2) is 14.5 Å². The molecule has 0 radical (unpaired) electrons. The van der Waals surface area contributed by atoms with Gasteiger partial charge in [-0.05, 0) is 53.0 Å². The number of piperazine rings is 1. The first-order chi connectivity index (χ1) is 14.7. The van der Waals surface area contributed by atoms with E-state index in [0.29, 0.717) is 31.6 Å². The number of fused-ring (bicyclic) bond motifs is 3. The van der Waals surface area contributed by atoms with Crippen LogP contribution in [0.5, 0.6) is 0 Å². The quantitative estimate of drug-likeness (QED) is 0.557. The molecule has 5 heterocycles. The van der Waals surface area contributed by atoms with Gasteiger partial charge in [0.25, 0.3) is 0 Å². The third kappa shape index (κ3) is 3.79. The zero-order valence-electron chi connectivity index (χ0n) is 16.6. The summed E-state index contributed by atoms with van der Waals surface area (Å²) in [7, 11) is 0. The number of nitrogens with one attached hydrogen (secondary N) is 1. The lowest BCUT2D eigenvalue weighted by atomic mass is 10.1. The lowest BCUT2D eigenvalue weighted by molar-refractivity contribution is -0.132. The second-order valence-corrected chi connectivity index (χ2v) is 8.82. The highest BCUT2D eigenvalue weighted by Crippen LogP contribution is 2.34. The predicted molar refractivity (Wildman–Crippen MR) is 117 cm³/mol. The van der Waals surface area contributed by atoms with Crippen LogP contribution in [0.2, 0.25) is 0 Å². The summed E-state index contributed by atoms with van der Waals surface area (Å²) in [6.07, 6.45) is 6.14. The minimum absolute atomic E-state index is 0.224. The van der Waals surface area contributed by atoms with Crippen molar-refractivity contribution in [2.45, 2.75) is 37.9 Å². The molecule has 0 aliphatic carbocycles. The second kappa shape index (κ2) is 8.31. The lowest BCUT2D eigenvalue weighted by Gasteiger charge is -2.41. The molecule has 30 heavy (non-hydrogen) atoms. The monoisotopic (exact) mass is 469 g/mol. The molecular formula is C21H24BrN7O. The molecule has 5 rings (SSSR count). The van der Waals surface area contributed by atoms with Crippen LogP contribution in [0.25, 0.3) is 5.65 Å². The minimum Gasteiger partial charge on any atom is -0.347 e.